The Kier molecular flexibility index (Phi) is 4.11. The Morgan fingerprint density at radius 3 is 1.61 bits per heavy atom. The summed E-state index contributed by atoms with van der Waals surface area (Å²) in [6.07, 6.45) is 6.81. The van der Waals surface area contributed by atoms with E-state index in [2.05, 4.69) is 19.6 Å². The molecule has 0 aliphatic carbocycles. The number of rotatable bonds is 7. The molecule has 0 radical (unpaired) electrons. The van der Waals surface area contributed by atoms with Crippen LogP contribution < -0.4 is 20.6 Å². The van der Waals surface area contributed by atoms with Crippen molar-refractivity contribution in [2.75, 3.05) is 0 Å². The molecule has 0 bridgehead atoms. The second-order valence-corrected chi connectivity index (χ2v) is 4.08. The third-order valence-electron chi connectivity index (χ3n) is 2.60. The summed E-state index contributed by atoms with van der Waals surface area (Å²) in [6.45, 7) is 1.48. The molecule has 0 fully saturated rings. The Balaban J connectivity index is 1.56. The predicted molar refractivity (Wildman–Crippen MR) is 57.5 cm³/mol. The first-order valence-electron chi connectivity index (χ1n) is 5.90. The fourth-order valence-electron chi connectivity index (χ4n) is 1.71. The fourth-order valence-corrected chi connectivity index (χ4v) is 1.71. The van der Waals surface area contributed by atoms with E-state index >= 15 is 0 Å². The summed E-state index contributed by atoms with van der Waals surface area (Å²) in [5, 5.41) is 5.00. The van der Waals surface area contributed by atoms with Crippen molar-refractivity contribution in [3.05, 3.63) is 33.2 Å². The summed E-state index contributed by atoms with van der Waals surface area (Å²) in [6, 6.07) is 0. The molecular weight excluding hydrogens is 240 g/mol. The number of hydrogen-bond donors (Lipinski definition) is 2. The minimum Gasteiger partial charge on any atom is -0.284 e. The van der Waals surface area contributed by atoms with Gasteiger partial charge < -0.3 is 0 Å². The maximum absolute atomic E-state index is 10.7. The molecule has 0 aliphatic heterocycles. The lowest BCUT2D eigenvalue weighted by molar-refractivity contribution is -0.763. The van der Waals surface area contributed by atoms with E-state index in [0.29, 0.717) is 0 Å². The molecule has 8 heteroatoms. The molecule has 8 nitrogen and oxygen atoms in total. The number of aryl methyl sites for hydroxylation is 2. The van der Waals surface area contributed by atoms with Crippen molar-refractivity contribution in [1.29, 1.82) is 0 Å². The minimum absolute atomic E-state index is 0.365. The topological polar surface area (TPSA) is 99.8 Å². The largest absolute Gasteiger partial charge is 0.426 e. The highest BCUT2D eigenvalue weighted by Crippen LogP contribution is 1.98. The number of H-pyrrole nitrogens is 2. The Morgan fingerprint density at radius 1 is 0.833 bits per heavy atom. The zero-order valence-electron chi connectivity index (χ0n) is 9.92. The molecule has 0 spiro atoms. The molecule has 2 aromatic heterocycles. The molecular formula is C10H16N4O4+2. The van der Waals surface area contributed by atoms with Crippen LogP contribution in [0.1, 0.15) is 25.7 Å². The van der Waals surface area contributed by atoms with Gasteiger partial charge in [-0.15, -0.1) is 0 Å². The van der Waals surface area contributed by atoms with Crippen LogP contribution in [0, 0.1) is 0 Å². The lowest BCUT2D eigenvalue weighted by atomic mass is 10.2. The van der Waals surface area contributed by atoms with Gasteiger partial charge in [0.15, 0.2) is 13.1 Å². The van der Waals surface area contributed by atoms with E-state index in [0.717, 1.165) is 38.8 Å². The summed E-state index contributed by atoms with van der Waals surface area (Å²) < 4.78 is 12.3. The summed E-state index contributed by atoms with van der Waals surface area (Å²) in [5.74, 6) is 0. The first-order valence-corrected chi connectivity index (χ1v) is 5.90. The highest BCUT2D eigenvalue weighted by Gasteiger charge is 2.06. The number of aromatic amines is 2. The van der Waals surface area contributed by atoms with Crippen LogP contribution in [-0.4, -0.2) is 10.5 Å². The number of unbranched alkanes of at least 4 members (excludes halogenated alkanes) is 3. The molecule has 0 saturated heterocycles. The Bertz CT molecular complexity index is 526. The molecule has 0 saturated carbocycles. The first kappa shape index (κ1) is 12.3. The third kappa shape index (κ3) is 3.72. The van der Waals surface area contributed by atoms with Crippen molar-refractivity contribution in [3.63, 3.8) is 0 Å². The molecule has 2 aromatic rings. The van der Waals surface area contributed by atoms with Gasteiger partial charge in [-0.2, -0.15) is 0 Å². The van der Waals surface area contributed by atoms with Crippen molar-refractivity contribution in [2.45, 2.75) is 38.8 Å². The molecule has 18 heavy (non-hydrogen) atoms. The van der Waals surface area contributed by atoms with Gasteiger partial charge in [-0.3, -0.25) is 9.05 Å². The molecule has 0 aliphatic rings. The lowest BCUT2D eigenvalue weighted by Gasteiger charge is -1.94. The minimum atomic E-state index is -0.365. The lowest BCUT2D eigenvalue weighted by Crippen LogP contribution is -2.36. The van der Waals surface area contributed by atoms with Gasteiger partial charge in [0, 0.05) is 12.8 Å². The normalized spacial score (nSPS) is 10.9. The van der Waals surface area contributed by atoms with Crippen LogP contribution in [0.15, 0.2) is 31.0 Å². The van der Waals surface area contributed by atoms with Crippen molar-refractivity contribution < 1.29 is 18.4 Å². The van der Waals surface area contributed by atoms with Gasteiger partial charge in [-0.1, -0.05) is 9.36 Å². The van der Waals surface area contributed by atoms with E-state index in [4.69, 9.17) is 0 Å². The van der Waals surface area contributed by atoms with E-state index in [1.165, 1.54) is 12.4 Å². The zero-order valence-corrected chi connectivity index (χ0v) is 9.92. The maximum Gasteiger partial charge on any atom is 0.426 e. The first-order chi connectivity index (χ1) is 8.74. The van der Waals surface area contributed by atoms with Crippen LogP contribution in [0.3, 0.4) is 0 Å². The maximum atomic E-state index is 10.7. The Hall–Kier alpha value is -2.12. The van der Waals surface area contributed by atoms with Crippen LogP contribution in [0.5, 0.6) is 0 Å². The summed E-state index contributed by atoms with van der Waals surface area (Å²) >= 11 is 0. The SMILES string of the molecule is O=c1c[n+](CCCCCC[n+]2cc(=O)o[nH]2)[nH]o1. The van der Waals surface area contributed by atoms with Crippen LogP contribution >= 0.6 is 0 Å². The molecule has 0 atom stereocenters. The molecule has 2 N–H and O–H groups in total. The van der Waals surface area contributed by atoms with Gasteiger partial charge >= 0.3 is 11.3 Å². The Labute approximate surface area is 102 Å². The molecule has 98 valence electrons. The van der Waals surface area contributed by atoms with Crippen LogP contribution in [0.2, 0.25) is 0 Å². The van der Waals surface area contributed by atoms with E-state index in [1.54, 1.807) is 9.36 Å². The van der Waals surface area contributed by atoms with E-state index in [-0.39, 0.29) is 11.3 Å². The van der Waals surface area contributed by atoms with Crippen molar-refractivity contribution >= 4 is 0 Å². The average molecular weight is 256 g/mol. The number of aromatic nitrogens is 4. The molecule has 0 amide bonds. The molecule has 0 aromatic carbocycles. The van der Waals surface area contributed by atoms with E-state index in [1.807, 2.05) is 0 Å². The van der Waals surface area contributed by atoms with Gasteiger partial charge in [-0.05, 0) is 23.4 Å². The van der Waals surface area contributed by atoms with E-state index < -0.39 is 0 Å². The molecule has 0 unspecified atom stereocenters. The monoisotopic (exact) mass is 256 g/mol. The quantitative estimate of drug-likeness (QED) is 0.494. The van der Waals surface area contributed by atoms with Crippen molar-refractivity contribution in [1.82, 2.24) is 10.5 Å². The van der Waals surface area contributed by atoms with Gasteiger partial charge in [0.1, 0.15) is 0 Å². The van der Waals surface area contributed by atoms with Crippen LogP contribution in [-0.2, 0) is 13.1 Å². The van der Waals surface area contributed by atoms with Crippen LogP contribution in [0.4, 0.5) is 0 Å². The molecule has 2 heterocycles. The van der Waals surface area contributed by atoms with Gasteiger partial charge in [0.05, 0.1) is 0 Å². The zero-order chi connectivity index (χ0) is 12.8. The van der Waals surface area contributed by atoms with Crippen molar-refractivity contribution in [3.8, 4) is 0 Å². The number of nitrogens with zero attached hydrogens (tertiary/aromatic N) is 2. The smallest absolute Gasteiger partial charge is 0.284 e. The summed E-state index contributed by atoms with van der Waals surface area (Å²) in [7, 11) is 0. The van der Waals surface area contributed by atoms with Gasteiger partial charge in [0.25, 0.3) is 12.4 Å². The summed E-state index contributed by atoms with van der Waals surface area (Å²) in [4.78, 5) is 21.4. The summed E-state index contributed by atoms with van der Waals surface area (Å²) in [5.41, 5.74) is -0.731. The highest BCUT2D eigenvalue weighted by molar-refractivity contribution is 4.49. The van der Waals surface area contributed by atoms with Gasteiger partial charge in [-0.25, -0.2) is 9.59 Å². The average Bonchev–Trinajstić information content (AvgIpc) is 2.93. The van der Waals surface area contributed by atoms with Crippen molar-refractivity contribution in [2.24, 2.45) is 0 Å². The standard InChI is InChI=1S/C10H14N4O4/c15-9-7-13(11-17-9)5-3-1-2-4-6-14-8-10(16)18-12-14/h7-8H,1-6H2/p+2. The Morgan fingerprint density at radius 2 is 1.28 bits per heavy atom. The second-order valence-electron chi connectivity index (χ2n) is 4.08. The molecule has 2 rings (SSSR count). The fraction of sp³-hybridized carbons (Fsp3) is 0.600. The third-order valence-corrected chi connectivity index (χ3v) is 2.60. The number of nitrogens with one attached hydrogen (secondary N) is 2. The second kappa shape index (κ2) is 5.99. The highest BCUT2D eigenvalue weighted by atomic mass is 16.5. The van der Waals surface area contributed by atoms with Gasteiger partial charge in [0.2, 0.25) is 0 Å². The van der Waals surface area contributed by atoms with Crippen LogP contribution in [0.25, 0.3) is 0 Å². The predicted octanol–water partition coefficient (Wildman–Crippen LogP) is -0.915. The number of hydrogen-bond acceptors (Lipinski definition) is 4. The van der Waals surface area contributed by atoms with E-state index in [9.17, 15) is 9.59 Å².